The van der Waals surface area contributed by atoms with Crippen molar-refractivity contribution < 1.29 is 32.3 Å². The molecule has 1 N–H and O–H groups in total. The molecule has 1 amide bonds. The van der Waals surface area contributed by atoms with E-state index in [-0.39, 0.29) is 11.3 Å². The summed E-state index contributed by atoms with van der Waals surface area (Å²) in [5.74, 6) is -5.53. The largest absolute Gasteiger partial charge is 0.503 e. The quantitative estimate of drug-likeness (QED) is 0.346. The number of hydrogen-bond donors (Lipinski definition) is 1. The molecule has 2 heterocycles. The molecule has 0 saturated heterocycles. The van der Waals surface area contributed by atoms with Crippen molar-refractivity contribution in [3.05, 3.63) is 112 Å². The van der Waals surface area contributed by atoms with Gasteiger partial charge in [-0.15, -0.1) is 0 Å². The SMILES string of the molecule is O=C(C1=C(O)C(=O)N(c2cc(F)ccc2F)C1c1ccc(F)cc1)c1cc2cc(Cl)ccc2o1. The average molecular weight is 484 g/mol. The second kappa shape index (κ2) is 8.07. The van der Waals surface area contributed by atoms with Crippen LogP contribution in [0.4, 0.5) is 18.9 Å². The molecular formula is C25H13ClF3NO4. The van der Waals surface area contributed by atoms with Gasteiger partial charge in [0, 0.05) is 16.5 Å². The Hall–Kier alpha value is -4.04. The summed E-state index contributed by atoms with van der Waals surface area (Å²) in [6, 6.07) is 11.9. The van der Waals surface area contributed by atoms with Crippen LogP contribution in [-0.2, 0) is 4.79 Å². The predicted molar refractivity (Wildman–Crippen MR) is 118 cm³/mol. The molecule has 9 heteroatoms. The Labute approximate surface area is 195 Å². The van der Waals surface area contributed by atoms with Gasteiger partial charge in [-0.3, -0.25) is 14.5 Å². The van der Waals surface area contributed by atoms with Crippen molar-refractivity contribution in [3.63, 3.8) is 0 Å². The Morgan fingerprint density at radius 1 is 0.941 bits per heavy atom. The van der Waals surface area contributed by atoms with Gasteiger partial charge in [0.25, 0.3) is 5.91 Å². The summed E-state index contributed by atoms with van der Waals surface area (Å²) in [6.45, 7) is 0. The molecule has 0 aliphatic carbocycles. The second-order valence-electron chi connectivity index (χ2n) is 7.61. The van der Waals surface area contributed by atoms with Crippen LogP contribution in [0.3, 0.4) is 0 Å². The molecule has 5 rings (SSSR count). The van der Waals surface area contributed by atoms with Crippen LogP contribution < -0.4 is 4.90 Å². The zero-order valence-electron chi connectivity index (χ0n) is 17.1. The number of fused-ring (bicyclic) bond motifs is 1. The molecule has 34 heavy (non-hydrogen) atoms. The Kier molecular flexibility index (Phi) is 5.17. The number of Topliss-reactive ketones (excluding diaryl/α,β-unsaturated/α-hetero) is 1. The summed E-state index contributed by atoms with van der Waals surface area (Å²) in [7, 11) is 0. The number of anilines is 1. The van der Waals surface area contributed by atoms with Crippen LogP contribution in [-0.4, -0.2) is 16.8 Å². The third-order valence-corrected chi connectivity index (χ3v) is 5.74. The summed E-state index contributed by atoms with van der Waals surface area (Å²) in [4.78, 5) is 27.3. The van der Waals surface area contributed by atoms with E-state index < -0.39 is 52.2 Å². The highest BCUT2D eigenvalue weighted by Crippen LogP contribution is 2.43. The van der Waals surface area contributed by atoms with E-state index in [0.29, 0.717) is 16.0 Å². The third-order valence-electron chi connectivity index (χ3n) is 5.51. The minimum absolute atomic E-state index is 0.185. The lowest BCUT2D eigenvalue weighted by Gasteiger charge is -2.27. The monoisotopic (exact) mass is 483 g/mol. The molecule has 5 nitrogen and oxygen atoms in total. The summed E-state index contributed by atoms with van der Waals surface area (Å²) in [5, 5.41) is 11.6. The van der Waals surface area contributed by atoms with Crippen molar-refractivity contribution in [1.29, 1.82) is 0 Å². The Morgan fingerprint density at radius 2 is 1.65 bits per heavy atom. The highest BCUT2D eigenvalue weighted by atomic mass is 35.5. The molecule has 1 atom stereocenters. The molecule has 1 aliphatic rings. The molecule has 1 unspecified atom stereocenters. The topological polar surface area (TPSA) is 70.8 Å². The van der Waals surface area contributed by atoms with E-state index >= 15 is 0 Å². The number of carbonyl (C=O) groups excluding carboxylic acids is 2. The fourth-order valence-electron chi connectivity index (χ4n) is 3.98. The van der Waals surface area contributed by atoms with Crippen LogP contribution in [0.5, 0.6) is 0 Å². The first kappa shape index (κ1) is 21.8. The van der Waals surface area contributed by atoms with Crippen LogP contribution in [0.1, 0.15) is 22.2 Å². The van der Waals surface area contributed by atoms with Gasteiger partial charge in [-0.25, -0.2) is 13.2 Å². The van der Waals surface area contributed by atoms with Crippen molar-refractivity contribution in [1.82, 2.24) is 0 Å². The molecule has 3 aromatic carbocycles. The molecule has 0 bridgehead atoms. The first-order valence-corrected chi connectivity index (χ1v) is 10.3. The maximum atomic E-state index is 14.7. The van der Waals surface area contributed by atoms with E-state index in [1.165, 1.54) is 18.2 Å². The van der Waals surface area contributed by atoms with E-state index in [0.717, 1.165) is 35.2 Å². The van der Waals surface area contributed by atoms with E-state index in [4.69, 9.17) is 16.0 Å². The zero-order valence-corrected chi connectivity index (χ0v) is 17.8. The van der Waals surface area contributed by atoms with Gasteiger partial charge in [0.2, 0.25) is 5.78 Å². The normalized spacial score (nSPS) is 16.1. The van der Waals surface area contributed by atoms with Gasteiger partial charge in [-0.1, -0.05) is 23.7 Å². The summed E-state index contributed by atoms with van der Waals surface area (Å²) >= 11 is 5.98. The lowest BCUT2D eigenvalue weighted by atomic mass is 9.94. The van der Waals surface area contributed by atoms with Gasteiger partial charge < -0.3 is 9.52 Å². The average Bonchev–Trinajstić information content (AvgIpc) is 3.34. The van der Waals surface area contributed by atoms with Crippen LogP contribution in [0.15, 0.2) is 82.5 Å². The highest BCUT2D eigenvalue weighted by molar-refractivity contribution is 6.31. The van der Waals surface area contributed by atoms with Gasteiger partial charge >= 0.3 is 0 Å². The van der Waals surface area contributed by atoms with E-state index in [1.807, 2.05) is 0 Å². The number of benzene rings is 3. The van der Waals surface area contributed by atoms with E-state index in [9.17, 15) is 27.9 Å². The maximum absolute atomic E-state index is 14.7. The zero-order chi connectivity index (χ0) is 24.1. The van der Waals surface area contributed by atoms with E-state index in [1.54, 1.807) is 18.2 Å². The standard InChI is InChI=1S/C25H13ClF3NO4/c26-14-3-8-19-13(9-14)10-20(34-19)23(31)21-22(12-1-4-15(27)5-2-12)30(25(33)24(21)32)18-11-16(28)6-7-17(18)29/h1-11,22,32H. The number of amides is 1. The van der Waals surface area contributed by atoms with E-state index in [2.05, 4.69) is 0 Å². The Morgan fingerprint density at radius 3 is 2.38 bits per heavy atom. The van der Waals surface area contributed by atoms with Crippen LogP contribution in [0, 0.1) is 17.5 Å². The smallest absolute Gasteiger partial charge is 0.294 e. The second-order valence-corrected chi connectivity index (χ2v) is 8.05. The number of ketones is 1. The minimum atomic E-state index is -1.38. The maximum Gasteiger partial charge on any atom is 0.294 e. The molecule has 170 valence electrons. The first-order valence-electron chi connectivity index (χ1n) is 9.95. The minimum Gasteiger partial charge on any atom is -0.503 e. The lowest BCUT2D eigenvalue weighted by molar-refractivity contribution is -0.117. The van der Waals surface area contributed by atoms with Crippen molar-refractivity contribution >= 4 is 39.9 Å². The number of aliphatic hydroxyl groups is 1. The van der Waals surface area contributed by atoms with Crippen LogP contribution in [0.2, 0.25) is 5.02 Å². The predicted octanol–water partition coefficient (Wildman–Crippen LogP) is 6.29. The van der Waals surface area contributed by atoms with Gasteiger partial charge in [-0.2, -0.15) is 0 Å². The molecule has 0 saturated carbocycles. The van der Waals surface area contributed by atoms with Gasteiger partial charge in [-0.05, 0) is 54.1 Å². The Bertz CT molecular complexity index is 1510. The first-order chi connectivity index (χ1) is 16.2. The molecule has 1 aliphatic heterocycles. The number of rotatable bonds is 4. The van der Waals surface area contributed by atoms with Crippen LogP contribution >= 0.6 is 11.6 Å². The highest BCUT2D eigenvalue weighted by Gasteiger charge is 2.46. The van der Waals surface area contributed by atoms with Gasteiger partial charge in [0.1, 0.15) is 23.0 Å². The number of furan rings is 1. The fourth-order valence-corrected chi connectivity index (χ4v) is 4.16. The number of halogens is 4. The molecule has 0 radical (unpaired) electrons. The lowest BCUT2D eigenvalue weighted by Crippen LogP contribution is -2.32. The van der Waals surface area contributed by atoms with Crippen molar-refractivity contribution in [2.75, 3.05) is 4.90 Å². The summed E-state index contributed by atoms with van der Waals surface area (Å²) in [5.41, 5.74) is -0.399. The van der Waals surface area contributed by atoms with Crippen molar-refractivity contribution in [2.24, 2.45) is 0 Å². The van der Waals surface area contributed by atoms with Gasteiger partial charge in [0.15, 0.2) is 11.5 Å². The van der Waals surface area contributed by atoms with Gasteiger partial charge in [0.05, 0.1) is 17.3 Å². The van der Waals surface area contributed by atoms with Crippen molar-refractivity contribution in [3.8, 4) is 0 Å². The van der Waals surface area contributed by atoms with Crippen LogP contribution in [0.25, 0.3) is 11.0 Å². The molecule has 4 aromatic rings. The number of carbonyl (C=O) groups is 2. The number of nitrogens with zero attached hydrogens (tertiary/aromatic N) is 1. The fraction of sp³-hybridized carbons (Fsp3) is 0.0400. The molecular weight excluding hydrogens is 471 g/mol. The Balaban J connectivity index is 1.68. The van der Waals surface area contributed by atoms with Crippen molar-refractivity contribution in [2.45, 2.75) is 6.04 Å². The molecule has 0 fully saturated rings. The molecule has 1 aromatic heterocycles. The summed E-state index contributed by atoms with van der Waals surface area (Å²) in [6.07, 6.45) is 0. The number of aliphatic hydroxyl groups excluding tert-OH is 1. The third kappa shape index (κ3) is 3.52. The molecule has 0 spiro atoms. The number of hydrogen-bond acceptors (Lipinski definition) is 4. The summed E-state index contributed by atoms with van der Waals surface area (Å²) < 4.78 is 47.8.